The number of ether oxygens (including phenoxy) is 1. The molecule has 0 aliphatic heterocycles. The summed E-state index contributed by atoms with van der Waals surface area (Å²) >= 11 is 5.05. The summed E-state index contributed by atoms with van der Waals surface area (Å²) < 4.78 is 5.42. The molecule has 0 amide bonds. The van der Waals surface area contributed by atoms with Crippen molar-refractivity contribution < 1.29 is 4.74 Å². The first kappa shape index (κ1) is 11.0. The van der Waals surface area contributed by atoms with Crippen LogP contribution in [0.2, 0.25) is 0 Å². The van der Waals surface area contributed by atoms with E-state index in [2.05, 4.69) is 12.2 Å². The van der Waals surface area contributed by atoms with Crippen molar-refractivity contribution in [2.75, 3.05) is 5.32 Å². The Kier molecular flexibility index (Phi) is 4.40. The number of hydrogen-bond acceptors (Lipinski definition) is 2. The maximum Gasteiger partial charge on any atom is 0.261 e. The lowest BCUT2D eigenvalue weighted by Gasteiger charge is -2.14. The molecule has 2 nitrogen and oxygen atoms in total. The van der Waals surface area contributed by atoms with Gasteiger partial charge >= 0.3 is 0 Å². The van der Waals surface area contributed by atoms with Crippen molar-refractivity contribution in [3.8, 4) is 0 Å². The second-order valence-corrected chi connectivity index (χ2v) is 3.49. The predicted molar refractivity (Wildman–Crippen MR) is 63.5 cm³/mol. The smallest absolute Gasteiger partial charge is 0.261 e. The number of anilines is 1. The summed E-state index contributed by atoms with van der Waals surface area (Å²) in [5, 5.41) is 3.45. The molecular weight excluding hydrogens is 194 g/mol. The lowest BCUT2D eigenvalue weighted by Crippen LogP contribution is -2.19. The topological polar surface area (TPSA) is 21.3 Å². The zero-order valence-corrected chi connectivity index (χ0v) is 9.30. The second-order valence-electron chi connectivity index (χ2n) is 3.12. The minimum absolute atomic E-state index is 0.165. The Morgan fingerprint density at radius 3 is 2.64 bits per heavy atom. The van der Waals surface area contributed by atoms with E-state index in [1.54, 1.807) is 0 Å². The largest absolute Gasteiger partial charge is 0.468 e. The molecule has 0 aliphatic carbocycles. The van der Waals surface area contributed by atoms with Crippen molar-refractivity contribution in [2.24, 2.45) is 0 Å². The van der Waals surface area contributed by atoms with Crippen molar-refractivity contribution in [1.82, 2.24) is 0 Å². The zero-order valence-electron chi connectivity index (χ0n) is 8.49. The summed E-state index contributed by atoms with van der Waals surface area (Å²) in [5.41, 5.74) is 0.959. The van der Waals surface area contributed by atoms with Gasteiger partial charge < -0.3 is 10.1 Å². The molecule has 1 aromatic carbocycles. The van der Waals surface area contributed by atoms with Crippen molar-refractivity contribution >= 4 is 23.1 Å². The van der Waals surface area contributed by atoms with Crippen LogP contribution in [0.5, 0.6) is 0 Å². The highest BCUT2D eigenvalue weighted by atomic mass is 32.1. The molecule has 76 valence electrons. The molecule has 0 radical (unpaired) electrons. The monoisotopic (exact) mass is 209 g/mol. The van der Waals surface area contributed by atoms with Crippen LogP contribution in [0.3, 0.4) is 0 Å². The molecule has 1 unspecified atom stereocenters. The van der Waals surface area contributed by atoms with E-state index in [0.29, 0.717) is 5.17 Å². The van der Waals surface area contributed by atoms with E-state index < -0.39 is 0 Å². The van der Waals surface area contributed by atoms with E-state index in [4.69, 9.17) is 17.0 Å². The van der Waals surface area contributed by atoms with Crippen LogP contribution in [-0.2, 0) is 4.74 Å². The average molecular weight is 209 g/mol. The summed E-state index contributed by atoms with van der Waals surface area (Å²) in [6, 6.07) is 9.77. The van der Waals surface area contributed by atoms with E-state index >= 15 is 0 Å². The van der Waals surface area contributed by atoms with Gasteiger partial charge in [0, 0.05) is 5.69 Å². The van der Waals surface area contributed by atoms with Gasteiger partial charge in [0.05, 0.1) is 6.10 Å². The summed E-state index contributed by atoms with van der Waals surface area (Å²) in [5.74, 6) is 0. The molecular formula is C11H15NOS. The highest BCUT2D eigenvalue weighted by Gasteiger charge is 2.02. The zero-order chi connectivity index (χ0) is 10.4. The molecule has 0 aromatic heterocycles. The summed E-state index contributed by atoms with van der Waals surface area (Å²) in [4.78, 5) is 0. The molecule has 14 heavy (non-hydrogen) atoms. The standard InChI is InChI=1S/C11H15NOS/c1-3-9(2)13-11(14)12-10-7-5-4-6-8-10/h4-9H,3H2,1-2H3,(H,12,14). The van der Waals surface area contributed by atoms with Crippen molar-refractivity contribution in [3.63, 3.8) is 0 Å². The maximum absolute atomic E-state index is 5.42. The van der Waals surface area contributed by atoms with Crippen LogP contribution in [0.25, 0.3) is 0 Å². The van der Waals surface area contributed by atoms with Crippen LogP contribution in [0, 0.1) is 0 Å². The van der Waals surface area contributed by atoms with Gasteiger partial charge in [-0.2, -0.15) is 0 Å². The van der Waals surface area contributed by atoms with Crippen molar-refractivity contribution in [2.45, 2.75) is 26.4 Å². The minimum atomic E-state index is 0.165. The fourth-order valence-electron chi connectivity index (χ4n) is 0.935. The first-order valence-corrected chi connectivity index (χ1v) is 5.16. The number of nitrogens with one attached hydrogen (secondary N) is 1. The van der Waals surface area contributed by atoms with Gasteiger partial charge in [0.25, 0.3) is 5.17 Å². The highest BCUT2D eigenvalue weighted by Crippen LogP contribution is 2.06. The molecule has 0 saturated heterocycles. The summed E-state index contributed by atoms with van der Waals surface area (Å²) in [6.45, 7) is 4.06. The van der Waals surface area contributed by atoms with E-state index in [-0.39, 0.29) is 6.10 Å². The van der Waals surface area contributed by atoms with Gasteiger partial charge in [-0.25, -0.2) is 0 Å². The van der Waals surface area contributed by atoms with E-state index in [9.17, 15) is 0 Å². The van der Waals surface area contributed by atoms with Gasteiger partial charge in [0.2, 0.25) is 0 Å². The van der Waals surface area contributed by atoms with Gasteiger partial charge in [0.1, 0.15) is 0 Å². The van der Waals surface area contributed by atoms with E-state index in [1.165, 1.54) is 0 Å². The van der Waals surface area contributed by atoms with E-state index in [1.807, 2.05) is 37.3 Å². The Morgan fingerprint density at radius 1 is 1.43 bits per heavy atom. The first-order chi connectivity index (χ1) is 6.72. The number of benzene rings is 1. The van der Waals surface area contributed by atoms with Gasteiger partial charge in [-0.3, -0.25) is 0 Å². The van der Waals surface area contributed by atoms with Crippen LogP contribution in [-0.4, -0.2) is 11.3 Å². The second kappa shape index (κ2) is 5.60. The lowest BCUT2D eigenvalue weighted by molar-refractivity contribution is 0.209. The van der Waals surface area contributed by atoms with Gasteiger partial charge in [-0.1, -0.05) is 25.1 Å². The van der Waals surface area contributed by atoms with Crippen LogP contribution < -0.4 is 5.32 Å². The molecule has 0 bridgehead atoms. The third-order valence-corrected chi connectivity index (χ3v) is 2.10. The molecule has 1 aromatic rings. The number of rotatable bonds is 3. The number of hydrogen-bond donors (Lipinski definition) is 1. The Morgan fingerprint density at radius 2 is 2.07 bits per heavy atom. The molecule has 3 heteroatoms. The van der Waals surface area contributed by atoms with Crippen LogP contribution in [0.4, 0.5) is 5.69 Å². The Labute approximate surface area is 90.3 Å². The van der Waals surface area contributed by atoms with Crippen molar-refractivity contribution in [1.29, 1.82) is 0 Å². The molecule has 0 saturated carbocycles. The van der Waals surface area contributed by atoms with E-state index in [0.717, 1.165) is 12.1 Å². The molecule has 0 aliphatic rings. The average Bonchev–Trinajstić information content (AvgIpc) is 2.19. The first-order valence-electron chi connectivity index (χ1n) is 4.75. The highest BCUT2D eigenvalue weighted by molar-refractivity contribution is 7.80. The molecule has 1 rings (SSSR count). The lowest BCUT2D eigenvalue weighted by atomic mass is 10.3. The molecule has 0 heterocycles. The van der Waals surface area contributed by atoms with Gasteiger partial charge in [0.15, 0.2) is 0 Å². The normalized spacial score (nSPS) is 11.9. The molecule has 1 N–H and O–H groups in total. The quantitative estimate of drug-likeness (QED) is 0.772. The Hall–Kier alpha value is -1.09. The van der Waals surface area contributed by atoms with Crippen molar-refractivity contribution in [3.05, 3.63) is 30.3 Å². The van der Waals surface area contributed by atoms with Crippen LogP contribution >= 0.6 is 12.2 Å². The maximum atomic E-state index is 5.42. The van der Waals surface area contributed by atoms with Gasteiger partial charge in [-0.15, -0.1) is 0 Å². The SMILES string of the molecule is CCC(C)OC(=S)Nc1ccccc1. The minimum Gasteiger partial charge on any atom is -0.468 e. The third-order valence-electron chi connectivity index (χ3n) is 1.90. The van der Waals surface area contributed by atoms with Crippen LogP contribution in [0.15, 0.2) is 30.3 Å². The fraction of sp³-hybridized carbons (Fsp3) is 0.364. The Balaban J connectivity index is 2.42. The summed E-state index contributed by atoms with van der Waals surface area (Å²) in [6.07, 6.45) is 1.12. The summed E-state index contributed by atoms with van der Waals surface area (Å²) in [7, 11) is 0. The molecule has 1 atom stereocenters. The third kappa shape index (κ3) is 3.75. The molecule has 0 spiro atoms. The van der Waals surface area contributed by atoms with Crippen LogP contribution in [0.1, 0.15) is 20.3 Å². The number of thiocarbonyl (C=S) groups is 1. The fourth-order valence-corrected chi connectivity index (χ4v) is 1.22. The molecule has 0 fully saturated rings. The number of para-hydroxylation sites is 1. The predicted octanol–water partition coefficient (Wildman–Crippen LogP) is 3.20. The Bertz CT molecular complexity index is 287. The van der Waals surface area contributed by atoms with Gasteiger partial charge in [-0.05, 0) is 37.7 Å².